The van der Waals surface area contributed by atoms with Gasteiger partial charge in [0.15, 0.2) is 0 Å². The Bertz CT molecular complexity index is 385. The second-order valence-corrected chi connectivity index (χ2v) is 5.72. The van der Waals surface area contributed by atoms with Gasteiger partial charge in [-0.1, -0.05) is 13.8 Å². The lowest BCUT2D eigenvalue weighted by molar-refractivity contribution is -0.0177. The fourth-order valence-corrected chi connectivity index (χ4v) is 2.71. The van der Waals surface area contributed by atoms with E-state index in [1.54, 1.807) is 7.11 Å². The zero-order chi connectivity index (χ0) is 13.8. The molecule has 1 aliphatic carbocycles. The number of aliphatic hydroxyl groups is 1. The van der Waals surface area contributed by atoms with Gasteiger partial charge in [-0.2, -0.15) is 0 Å². The smallest absolute Gasteiger partial charge is 0.125 e. The Morgan fingerprint density at radius 2 is 1.74 bits per heavy atom. The second kappa shape index (κ2) is 6.29. The maximum absolute atomic E-state index is 10.1. The molecule has 2 rings (SSSR count). The maximum atomic E-state index is 10.1. The average molecular weight is 264 g/mol. The van der Waals surface area contributed by atoms with Crippen LogP contribution >= 0.6 is 0 Å². The molecule has 1 aromatic rings. The number of hydrogen-bond acceptors (Lipinski definition) is 3. The Kier molecular flexibility index (Phi) is 4.70. The first kappa shape index (κ1) is 14.2. The molecule has 1 fully saturated rings. The van der Waals surface area contributed by atoms with Gasteiger partial charge in [0, 0.05) is 0 Å². The largest absolute Gasteiger partial charge is 0.497 e. The summed E-state index contributed by atoms with van der Waals surface area (Å²) in [5, 5.41) is 10.1. The first-order valence-electron chi connectivity index (χ1n) is 7.09. The normalized spacial score (nSPS) is 27.3. The van der Waals surface area contributed by atoms with Crippen molar-refractivity contribution in [3.63, 3.8) is 0 Å². The van der Waals surface area contributed by atoms with Crippen molar-refractivity contribution >= 4 is 0 Å². The van der Waals surface area contributed by atoms with Crippen molar-refractivity contribution in [3.05, 3.63) is 24.3 Å². The van der Waals surface area contributed by atoms with Crippen molar-refractivity contribution in [2.24, 2.45) is 11.8 Å². The van der Waals surface area contributed by atoms with Crippen LogP contribution in [0.15, 0.2) is 24.3 Å². The lowest BCUT2D eigenvalue weighted by Gasteiger charge is -2.35. The van der Waals surface area contributed by atoms with Crippen LogP contribution in [-0.2, 0) is 0 Å². The molecule has 3 nitrogen and oxygen atoms in total. The van der Waals surface area contributed by atoms with Crippen LogP contribution in [0.5, 0.6) is 11.5 Å². The van der Waals surface area contributed by atoms with Gasteiger partial charge >= 0.3 is 0 Å². The molecule has 0 heterocycles. The highest BCUT2D eigenvalue weighted by Gasteiger charge is 2.32. The predicted molar refractivity (Wildman–Crippen MR) is 75.6 cm³/mol. The van der Waals surface area contributed by atoms with E-state index in [1.807, 2.05) is 24.3 Å². The lowest BCUT2D eigenvalue weighted by atomic mass is 9.79. The Morgan fingerprint density at radius 3 is 2.32 bits per heavy atom. The molecule has 1 saturated carbocycles. The van der Waals surface area contributed by atoms with Crippen LogP contribution in [0.3, 0.4) is 0 Å². The summed E-state index contributed by atoms with van der Waals surface area (Å²) in [5.74, 6) is 2.91. The number of hydrogen-bond donors (Lipinski definition) is 1. The van der Waals surface area contributed by atoms with E-state index in [4.69, 9.17) is 9.47 Å². The molecule has 106 valence electrons. The minimum absolute atomic E-state index is 0.0884. The van der Waals surface area contributed by atoms with Gasteiger partial charge in [-0.25, -0.2) is 0 Å². The third kappa shape index (κ3) is 3.63. The molecule has 3 atom stereocenters. The molecule has 0 aromatic heterocycles. The van der Waals surface area contributed by atoms with Gasteiger partial charge in [0.05, 0.1) is 13.2 Å². The van der Waals surface area contributed by atoms with Crippen molar-refractivity contribution in [2.75, 3.05) is 7.11 Å². The number of benzene rings is 1. The molecule has 3 unspecified atom stereocenters. The van der Waals surface area contributed by atoms with Gasteiger partial charge in [0.2, 0.25) is 0 Å². The maximum Gasteiger partial charge on any atom is 0.125 e. The average Bonchev–Trinajstić information content (AvgIpc) is 2.42. The van der Waals surface area contributed by atoms with Crippen LogP contribution in [-0.4, -0.2) is 24.4 Å². The third-order valence-electron chi connectivity index (χ3n) is 4.09. The van der Waals surface area contributed by atoms with Crippen molar-refractivity contribution in [2.45, 2.75) is 45.3 Å². The highest BCUT2D eigenvalue weighted by molar-refractivity contribution is 5.31. The molecular weight excluding hydrogens is 240 g/mol. The summed E-state index contributed by atoms with van der Waals surface area (Å²) >= 11 is 0. The van der Waals surface area contributed by atoms with Crippen LogP contribution in [0, 0.1) is 11.8 Å². The summed E-state index contributed by atoms with van der Waals surface area (Å²) in [7, 11) is 1.65. The molecule has 0 aliphatic heterocycles. The Hall–Kier alpha value is -1.22. The molecule has 1 N–H and O–H groups in total. The van der Waals surface area contributed by atoms with Gasteiger partial charge in [-0.05, 0) is 55.4 Å². The van der Waals surface area contributed by atoms with E-state index in [-0.39, 0.29) is 12.2 Å². The van der Waals surface area contributed by atoms with E-state index in [0.717, 1.165) is 30.8 Å². The fourth-order valence-electron chi connectivity index (χ4n) is 2.71. The van der Waals surface area contributed by atoms with Gasteiger partial charge < -0.3 is 14.6 Å². The first-order valence-corrected chi connectivity index (χ1v) is 7.09. The zero-order valence-corrected chi connectivity index (χ0v) is 12.0. The summed E-state index contributed by atoms with van der Waals surface area (Å²) in [6, 6.07) is 7.55. The van der Waals surface area contributed by atoms with E-state index in [1.165, 1.54) is 0 Å². The minimum Gasteiger partial charge on any atom is -0.497 e. The SMILES string of the molecule is COc1ccc(OC2CC(C(C)C)CCC2O)cc1. The minimum atomic E-state index is -0.350. The molecule has 19 heavy (non-hydrogen) atoms. The van der Waals surface area contributed by atoms with Crippen LogP contribution < -0.4 is 9.47 Å². The molecular formula is C16H24O3. The van der Waals surface area contributed by atoms with Crippen molar-refractivity contribution in [1.82, 2.24) is 0 Å². The van der Waals surface area contributed by atoms with E-state index in [9.17, 15) is 5.11 Å². The summed E-state index contributed by atoms with van der Waals surface area (Å²) in [4.78, 5) is 0. The molecule has 0 saturated heterocycles. The fraction of sp³-hybridized carbons (Fsp3) is 0.625. The third-order valence-corrected chi connectivity index (χ3v) is 4.09. The van der Waals surface area contributed by atoms with Crippen molar-refractivity contribution in [1.29, 1.82) is 0 Å². The van der Waals surface area contributed by atoms with E-state index >= 15 is 0 Å². The molecule has 0 spiro atoms. The summed E-state index contributed by atoms with van der Waals surface area (Å²) in [5.41, 5.74) is 0. The standard InChI is InChI=1S/C16H24O3/c1-11(2)12-4-9-15(17)16(10-12)19-14-7-5-13(18-3)6-8-14/h5-8,11-12,15-17H,4,9-10H2,1-3H3. The van der Waals surface area contributed by atoms with Crippen molar-refractivity contribution < 1.29 is 14.6 Å². The van der Waals surface area contributed by atoms with Gasteiger partial charge in [-0.15, -0.1) is 0 Å². The van der Waals surface area contributed by atoms with Crippen LogP contribution in [0.4, 0.5) is 0 Å². The van der Waals surface area contributed by atoms with Gasteiger partial charge in [0.1, 0.15) is 17.6 Å². The highest BCUT2D eigenvalue weighted by Crippen LogP contribution is 2.32. The highest BCUT2D eigenvalue weighted by atomic mass is 16.5. The zero-order valence-electron chi connectivity index (χ0n) is 12.0. The number of ether oxygens (including phenoxy) is 2. The molecule has 0 radical (unpaired) electrons. The molecule has 1 aliphatic rings. The van der Waals surface area contributed by atoms with E-state index in [0.29, 0.717) is 11.8 Å². The number of methoxy groups -OCH3 is 1. The topological polar surface area (TPSA) is 38.7 Å². The first-order chi connectivity index (χ1) is 9.10. The molecule has 0 amide bonds. The summed E-state index contributed by atoms with van der Waals surface area (Å²) in [6.45, 7) is 4.49. The molecule has 0 bridgehead atoms. The monoisotopic (exact) mass is 264 g/mol. The summed E-state index contributed by atoms with van der Waals surface area (Å²) < 4.78 is 11.1. The van der Waals surface area contributed by atoms with Gasteiger partial charge in [-0.3, -0.25) is 0 Å². The quantitative estimate of drug-likeness (QED) is 0.907. The van der Waals surface area contributed by atoms with Crippen molar-refractivity contribution in [3.8, 4) is 11.5 Å². The lowest BCUT2D eigenvalue weighted by Crippen LogP contribution is -2.39. The summed E-state index contributed by atoms with van der Waals surface area (Å²) in [6.07, 6.45) is 2.43. The van der Waals surface area contributed by atoms with E-state index in [2.05, 4.69) is 13.8 Å². The van der Waals surface area contributed by atoms with E-state index < -0.39 is 0 Å². The molecule has 3 heteroatoms. The Balaban J connectivity index is 1.99. The van der Waals surface area contributed by atoms with Crippen LogP contribution in [0.1, 0.15) is 33.1 Å². The Morgan fingerprint density at radius 1 is 1.11 bits per heavy atom. The van der Waals surface area contributed by atoms with Crippen LogP contribution in [0.2, 0.25) is 0 Å². The number of aliphatic hydroxyl groups excluding tert-OH is 1. The number of rotatable bonds is 4. The molecule has 1 aromatic carbocycles. The predicted octanol–water partition coefficient (Wildman–Crippen LogP) is 3.26. The Labute approximate surface area is 115 Å². The second-order valence-electron chi connectivity index (χ2n) is 5.72. The van der Waals surface area contributed by atoms with Gasteiger partial charge in [0.25, 0.3) is 0 Å². The van der Waals surface area contributed by atoms with Crippen LogP contribution in [0.25, 0.3) is 0 Å².